The zero-order valence-corrected chi connectivity index (χ0v) is 12.7. The molecule has 112 valence electrons. The molecule has 3 aromatic rings. The lowest BCUT2D eigenvalue weighted by Gasteiger charge is -2.05. The van der Waals surface area contributed by atoms with Crippen molar-refractivity contribution in [3.63, 3.8) is 0 Å². The number of pyridine rings is 1. The fraction of sp³-hybridized carbons (Fsp3) is 0.250. The molecule has 0 aliphatic heterocycles. The van der Waals surface area contributed by atoms with Gasteiger partial charge in [0.05, 0.1) is 5.52 Å². The van der Waals surface area contributed by atoms with E-state index in [9.17, 15) is 4.79 Å². The number of benzene rings is 1. The molecule has 0 aliphatic rings. The smallest absolute Gasteiger partial charge is 0.276 e. The van der Waals surface area contributed by atoms with Crippen molar-refractivity contribution in [2.24, 2.45) is 0 Å². The van der Waals surface area contributed by atoms with E-state index in [1.54, 1.807) is 6.07 Å². The molecule has 6 nitrogen and oxygen atoms in total. The summed E-state index contributed by atoms with van der Waals surface area (Å²) in [6, 6.07) is 9.51. The summed E-state index contributed by atoms with van der Waals surface area (Å²) in [5, 5.41) is 10.5. The van der Waals surface area contributed by atoms with Crippen LogP contribution in [0.5, 0.6) is 0 Å². The molecule has 0 unspecified atom stereocenters. The second-order valence-corrected chi connectivity index (χ2v) is 5.49. The van der Waals surface area contributed by atoms with Gasteiger partial charge in [-0.2, -0.15) is 4.98 Å². The molecule has 3 rings (SSSR count). The number of nitrogens with one attached hydrogen (secondary N) is 2. The van der Waals surface area contributed by atoms with Gasteiger partial charge in [0.1, 0.15) is 11.5 Å². The van der Waals surface area contributed by atoms with Crippen molar-refractivity contribution in [2.75, 3.05) is 5.32 Å². The van der Waals surface area contributed by atoms with Crippen LogP contribution in [0.2, 0.25) is 0 Å². The maximum absolute atomic E-state index is 12.3. The Kier molecular flexibility index (Phi) is 3.58. The third-order valence-electron chi connectivity index (χ3n) is 3.43. The Balaban J connectivity index is 1.88. The Hall–Kier alpha value is -2.76. The Morgan fingerprint density at radius 2 is 2.00 bits per heavy atom. The van der Waals surface area contributed by atoms with Gasteiger partial charge in [0.15, 0.2) is 0 Å². The van der Waals surface area contributed by atoms with Gasteiger partial charge in [-0.15, -0.1) is 5.10 Å². The maximum Gasteiger partial charge on any atom is 0.276 e. The van der Waals surface area contributed by atoms with Gasteiger partial charge in [0.2, 0.25) is 5.95 Å². The highest BCUT2D eigenvalue weighted by Crippen LogP contribution is 2.18. The minimum atomic E-state index is -0.317. The predicted molar refractivity (Wildman–Crippen MR) is 84.9 cm³/mol. The quantitative estimate of drug-likeness (QED) is 0.778. The van der Waals surface area contributed by atoms with E-state index in [2.05, 4.69) is 25.5 Å². The number of hydrogen-bond acceptors (Lipinski definition) is 4. The van der Waals surface area contributed by atoms with Crippen molar-refractivity contribution in [2.45, 2.75) is 26.7 Å². The van der Waals surface area contributed by atoms with E-state index in [4.69, 9.17) is 0 Å². The summed E-state index contributed by atoms with van der Waals surface area (Å²) in [6.45, 7) is 5.96. The summed E-state index contributed by atoms with van der Waals surface area (Å²) < 4.78 is 0. The van der Waals surface area contributed by atoms with Crippen molar-refractivity contribution >= 4 is 22.8 Å². The van der Waals surface area contributed by atoms with Gasteiger partial charge < -0.3 is 0 Å². The summed E-state index contributed by atoms with van der Waals surface area (Å²) in [4.78, 5) is 21.0. The average molecular weight is 295 g/mol. The SMILES string of the molecule is Cc1cc(C(=O)Nc2n[nH]c(C(C)C)n2)nc2ccccc12. The summed E-state index contributed by atoms with van der Waals surface area (Å²) in [7, 11) is 0. The molecule has 22 heavy (non-hydrogen) atoms. The number of rotatable bonds is 3. The minimum Gasteiger partial charge on any atom is -0.288 e. The molecule has 0 radical (unpaired) electrons. The maximum atomic E-state index is 12.3. The molecule has 0 saturated heterocycles. The van der Waals surface area contributed by atoms with Crippen LogP contribution >= 0.6 is 0 Å². The molecule has 0 atom stereocenters. The van der Waals surface area contributed by atoms with E-state index < -0.39 is 0 Å². The molecular weight excluding hydrogens is 278 g/mol. The average Bonchev–Trinajstić information content (AvgIpc) is 2.96. The van der Waals surface area contributed by atoms with Gasteiger partial charge in [-0.1, -0.05) is 32.0 Å². The van der Waals surface area contributed by atoms with Crippen LogP contribution in [0.1, 0.15) is 41.6 Å². The predicted octanol–water partition coefficient (Wildman–Crippen LogP) is 3.04. The summed E-state index contributed by atoms with van der Waals surface area (Å²) in [5.41, 5.74) is 2.16. The van der Waals surface area contributed by atoms with E-state index >= 15 is 0 Å². The fourth-order valence-corrected chi connectivity index (χ4v) is 2.22. The second kappa shape index (κ2) is 5.55. The number of aromatic amines is 1. The van der Waals surface area contributed by atoms with Crippen molar-refractivity contribution in [1.82, 2.24) is 20.2 Å². The molecule has 0 aliphatic carbocycles. The first-order valence-electron chi connectivity index (χ1n) is 7.14. The Morgan fingerprint density at radius 1 is 1.23 bits per heavy atom. The molecular formula is C16H17N5O. The van der Waals surface area contributed by atoms with Crippen LogP contribution in [0.3, 0.4) is 0 Å². The van der Waals surface area contributed by atoms with Crippen molar-refractivity contribution < 1.29 is 4.79 Å². The molecule has 1 amide bonds. The van der Waals surface area contributed by atoms with Crippen molar-refractivity contribution in [3.8, 4) is 0 Å². The number of aryl methyl sites for hydroxylation is 1. The number of carbonyl (C=O) groups is 1. The lowest BCUT2D eigenvalue weighted by atomic mass is 10.1. The number of H-pyrrole nitrogens is 1. The third-order valence-corrected chi connectivity index (χ3v) is 3.43. The number of anilines is 1. The van der Waals surface area contributed by atoms with Crippen LogP contribution in [0.4, 0.5) is 5.95 Å². The number of carbonyl (C=O) groups excluding carboxylic acids is 1. The highest BCUT2D eigenvalue weighted by atomic mass is 16.2. The van der Waals surface area contributed by atoms with Crippen LogP contribution in [0, 0.1) is 6.92 Å². The monoisotopic (exact) mass is 295 g/mol. The van der Waals surface area contributed by atoms with E-state index in [0.717, 1.165) is 22.3 Å². The van der Waals surface area contributed by atoms with Crippen molar-refractivity contribution in [1.29, 1.82) is 0 Å². The topological polar surface area (TPSA) is 83.6 Å². The highest BCUT2D eigenvalue weighted by molar-refractivity contribution is 6.03. The van der Waals surface area contributed by atoms with Gasteiger partial charge in [-0.05, 0) is 24.6 Å². The highest BCUT2D eigenvalue weighted by Gasteiger charge is 2.14. The number of aromatic nitrogens is 4. The zero-order valence-electron chi connectivity index (χ0n) is 12.7. The summed E-state index contributed by atoms with van der Waals surface area (Å²) >= 11 is 0. The van der Waals surface area contributed by atoms with Crippen LogP contribution in [-0.2, 0) is 0 Å². The first-order valence-corrected chi connectivity index (χ1v) is 7.14. The molecule has 0 spiro atoms. The normalized spacial score (nSPS) is 11.1. The Labute approximate surface area is 128 Å². The largest absolute Gasteiger partial charge is 0.288 e. The number of hydrogen-bond donors (Lipinski definition) is 2. The lowest BCUT2D eigenvalue weighted by Crippen LogP contribution is -2.15. The van der Waals surface area contributed by atoms with Crippen LogP contribution in [0.15, 0.2) is 30.3 Å². The number of amides is 1. The minimum absolute atomic E-state index is 0.221. The molecule has 0 fully saturated rings. The molecule has 1 aromatic carbocycles. The van der Waals surface area contributed by atoms with Gasteiger partial charge >= 0.3 is 0 Å². The van der Waals surface area contributed by atoms with Gasteiger partial charge in [0, 0.05) is 11.3 Å². The lowest BCUT2D eigenvalue weighted by molar-refractivity contribution is 0.102. The first-order chi connectivity index (χ1) is 10.5. The molecule has 2 aromatic heterocycles. The van der Waals surface area contributed by atoms with Gasteiger partial charge in [0.25, 0.3) is 5.91 Å². The fourth-order valence-electron chi connectivity index (χ4n) is 2.22. The summed E-state index contributed by atoms with van der Waals surface area (Å²) in [5.74, 6) is 0.904. The van der Waals surface area contributed by atoms with Crippen LogP contribution < -0.4 is 5.32 Å². The molecule has 0 saturated carbocycles. The van der Waals surface area contributed by atoms with Crippen LogP contribution in [0.25, 0.3) is 10.9 Å². The van der Waals surface area contributed by atoms with E-state index in [0.29, 0.717) is 5.69 Å². The van der Waals surface area contributed by atoms with Crippen LogP contribution in [-0.4, -0.2) is 26.1 Å². The molecule has 0 bridgehead atoms. The standard InChI is InChI=1S/C16H17N5O/c1-9(2)14-18-16(21-20-14)19-15(22)13-8-10(3)11-6-4-5-7-12(11)17-13/h4-9H,1-3H3,(H2,18,19,20,21,22). The van der Waals surface area contributed by atoms with Crippen molar-refractivity contribution in [3.05, 3.63) is 47.4 Å². The van der Waals surface area contributed by atoms with E-state index in [-0.39, 0.29) is 17.8 Å². The number of nitrogens with zero attached hydrogens (tertiary/aromatic N) is 3. The molecule has 2 heterocycles. The second-order valence-electron chi connectivity index (χ2n) is 5.49. The Bertz CT molecular complexity index is 837. The van der Waals surface area contributed by atoms with Gasteiger partial charge in [-0.25, -0.2) is 4.98 Å². The Morgan fingerprint density at radius 3 is 2.73 bits per heavy atom. The number of para-hydroxylation sites is 1. The summed E-state index contributed by atoms with van der Waals surface area (Å²) in [6.07, 6.45) is 0. The zero-order chi connectivity index (χ0) is 15.7. The number of fused-ring (bicyclic) bond motifs is 1. The third kappa shape index (κ3) is 2.67. The van der Waals surface area contributed by atoms with E-state index in [1.165, 1.54) is 0 Å². The van der Waals surface area contributed by atoms with Gasteiger partial charge in [-0.3, -0.25) is 15.2 Å². The first kappa shape index (κ1) is 14.2. The molecule has 6 heteroatoms. The molecule has 2 N–H and O–H groups in total. The van der Waals surface area contributed by atoms with E-state index in [1.807, 2.05) is 45.0 Å².